The van der Waals surface area contributed by atoms with Crippen LogP contribution in [0.4, 0.5) is 5.69 Å². The Morgan fingerprint density at radius 3 is 2.57 bits per heavy atom. The maximum atomic E-state index is 12.0. The van der Waals surface area contributed by atoms with Crippen LogP contribution in [0.5, 0.6) is 0 Å². The number of anilines is 1. The van der Waals surface area contributed by atoms with E-state index in [9.17, 15) is 4.79 Å². The van der Waals surface area contributed by atoms with E-state index in [-0.39, 0.29) is 11.8 Å². The fourth-order valence-electron chi connectivity index (χ4n) is 1.93. The molecule has 0 bridgehead atoms. The van der Waals surface area contributed by atoms with Crippen LogP contribution in [0, 0.1) is 5.92 Å². The Morgan fingerprint density at radius 2 is 1.96 bits per heavy atom. The lowest BCUT2D eigenvalue weighted by molar-refractivity contribution is -0.119. The van der Waals surface area contributed by atoms with Crippen molar-refractivity contribution in [1.29, 1.82) is 0 Å². The SMILES string of the molecule is CCC(C)NC(=NC)NCc1cccc(NC(=O)C(C)CC)c1. The number of rotatable bonds is 7. The van der Waals surface area contributed by atoms with Crippen LogP contribution < -0.4 is 16.0 Å². The predicted octanol–water partition coefficient (Wildman–Crippen LogP) is 3.13. The van der Waals surface area contributed by atoms with E-state index in [4.69, 9.17) is 0 Å². The molecule has 23 heavy (non-hydrogen) atoms. The van der Waals surface area contributed by atoms with Crippen molar-refractivity contribution >= 4 is 17.6 Å². The van der Waals surface area contributed by atoms with Gasteiger partial charge in [-0.15, -0.1) is 0 Å². The van der Waals surface area contributed by atoms with Crippen LogP contribution >= 0.6 is 0 Å². The van der Waals surface area contributed by atoms with E-state index in [2.05, 4.69) is 34.8 Å². The standard InChI is InChI=1S/C18H30N4O/c1-6-13(3)17(23)22-16-10-8-9-15(11-16)12-20-18(19-5)21-14(4)7-2/h8-11,13-14H,6-7,12H2,1-5H3,(H,22,23)(H2,19,20,21). The molecule has 1 rings (SSSR count). The molecule has 3 N–H and O–H groups in total. The topological polar surface area (TPSA) is 65.5 Å². The van der Waals surface area contributed by atoms with Crippen LogP contribution in [0.25, 0.3) is 0 Å². The molecule has 2 unspecified atom stereocenters. The zero-order chi connectivity index (χ0) is 17.2. The number of nitrogens with zero attached hydrogens (tertiary/aromatic N) is 1. The van der Waals surface area contributed by atoms with Gasteiger partial charge in [0.15, 0.2) is 5.96 Å². The Hall–Kier alpha value is -2.04. The van der Waals surface area contributed by atoms with Crippen LogP contribution in [-0.2, 0) is 11.3 Å². The third-order valence-corrected chi connectivity index (χ3v) is 3.93. The van der Waals surface area contributed by atoms with Gasteiger partial charge in [0, 0.05) is 31.2 Å². The first kappa shape index (κ1) is 19.0. The van der Waals surface area contributed by atoms with Crippen LogP contribution in [0.15, 0.2) is 29.3 Å². The molecule has 0 saturated carbocycles. The fraction of sp³-hybridized carbons (Fsp3) is 0.556. The first-order chi connectivity index (χ1) is 11.0. The van der Waals surface area contributed by atoms with E-state index in [1.165, 1.54) is 0 Å². The molecular weight excluding hydrogens is 288 g/mol. The van der Waals surface area contributed by atoms with Crippen molar-refractivity contribution in [3.05, 3.63) is 29.8 Å². The molecule has 0 spiro atoms. The number of amides is 1. The van der Waals surface area contributed by atoms with Crippen molar-refractivity contribution in [1.82, 2.24) is 10.6 Å². The minimum Gasteiger partial charge on any atom is -0.354 e. The average Bonchev–Trinajstić information content (AvgIpc) is 2.57. The van der Waals surface area contributed by atoms with E-state index in [1.807, 2.05) is 38.1 Å². The van der Waals surface area contributed by atoms with Crippen LogP contribution in [0.3, 0.4) is 0 Å². The molecular formula is C18H30N4O. The van der Waals surface area contributed by atoms with Gasteiger partial charge < -0.3 is 16.0 Å². The first-order valence-electron chi connectivity index (χ1n) is 8.37. The largest absolute Gasteiger partial charge is 0.354 e. The Balaban J connectivity index is 2.61. The number of carbonyl (C=O) groups excluding carboxylic acids is 1. The first-order valence-corrected chi connectivity index (χ1v) is 8.37. The van der Waals surface area contributed by atoms with E-state index in [1.54, 1.807) is 7.05 Å². The Labute approximate surface area is 140 Å². The second-order valence-electron chi connectivity index (χ2n) is 5.88. The van der Waals surface area contributed by atoms with E-state index in [0.29, 0.717) is 12.6 Å². The molecule has 0 aromatic heterocycles. The monoisotopic (exact) mass is 318 g/mol. The van der Waals surface area contributed by atoms with Gasteiger partial charge in [-0.1, -0.05) is 32.9 Å². The molecule has 5 heteroatoms. The second kappa shape index (κ2) is 9.87. The minimum absolute atomic E-state index is 0.0235. The molecule has 1 amide bonds. The summed E-state index contributed by atoms with van der Waals surface area (Å²) in [6, 6.07) is 8.26. The number of aliphatic imine (C=N–C) groups is 1. The molecule has 0 radical (unpaired) electrons. The van der Waals surface area contributed by atoms with Gasteiger partial charge in [0.25, 0.3) is 0 Å². The number of hydrogen-bond donors (Lipinski definition) is 3. The molecule has 0 saturated heterocycles. The molecule has 0 aliphatic heterocycles. The van der Waals surface area contributed by atoms with E-state index in [0.717, 1.165) is 30.1 Å². The van der Waals surface area contributed by atoms with Gasteiger partial charge in [-0.05, 0) is 37.5 Å². The van der Waals surface area contributed by atoms with Gasteiger partial charge in [-0.25, -0.2) is 0 Å². The molecule has 5 nitrogen and oxygen atoms in total. The second-order valence-corrected chi connectivity index (χ2v) is 5.88. The molecule has 1 aromatic carbocycles. The zero-order valence-electron chi connectivity index (χ0n) is 14.9. The summed E-state index contributed by atoms with van der Waals surface area (Å²) in [5.74, 6) is 0.871. The quantitative estimate of drug-likeness (QED) is 0.534. The van der Waals surface area contributed by atoms with Crippen molar-refractivity contribution < 1.29 is 4.79 Å². The summed E-state index contributed by atoms with van der Waals surface area (Å²) in [6.45, 7) is 8.86. The minimum atomic E-state index is 0.0235. The lowest BCUT2D eigenvalue weighted by atomic mass is 10.1. The number of carbonyl (C=O) groups is 1. The summed E-state index contributed by atoms with van der Waals surface area (Å²) in [5, 5.41) is 9.58. The maximum absolute atomic E-state index is 12.0. The van der Waals surface area contributed by atoms with Gasteiger partial charge in [-0.3, -0.25) is 9.79 Å². The van der Waals surface area contributed by atoms with E-state index < -0.39 is 0 Å². The molecule has 0 aliphatic rings. The van der Waals surface area contributed by atoms with Gasteiger partial charge in [0.2, 0.25) is 5.91 Å². The van der Waals surface area contributed by atoms with Gasteiger partial charge in [0.05, 0.1) is 0 Å². The highest BCUT2D eigenvalue weighted by atomic mass is 16.1. The fourth-order valence-corrected chi connectivity index (χ4v) is 1.93. The van der Waals surface area contributed by atoms with Crippen LogP contribution in [0.1, 0.15) is 46.1 Å². The summed E-state index contributed by atoms with van der Waals surface area (Å²) in [5.41, 5.74) is 1.93. The third-order valence-electron chi connectivity index (χ3n) is 3.93. The average molecular weight is 318 g/mol. The number of guanidine groups is 1. The van der Waals surface area contributed by atoms with Crippen LogP contribution in [0.2, 0.25) is 0 Å². The highest BCUT2D eigenvalue weighted by molar-refractivity contribution is 5.92. The smallest absolute Gasteiger partial charge is 0.227 e. The highest BCUT2D eigenvalue weighted by Crippen LogP contribution is 2.13. The van der Waals surface area contributed by atoms with Gasteiger partial charge in [0.1, 0.15) is 0 Å². The summed E-state index contributed by atoms with van der Waals surface area (Å²) < 4.78 is 0. The molecule has 0 fully saturated rings. The molecule has 2 atom stereocenters. The van der Waals surface area contributed by atoms with Crippen molar-refractivity contribution in [3.8, 4) is 0 Å². The zero-order valence-corrected chi connectivity index (χ0v) is 14.9. The number of benzene rings is 1. The summed E-state index contributed by atoms with van der Waals surface area (Å²) >= 11 is 0. The molecule has 1 aromatic rings. The lowest BCUT2D eigenvalue weighted by Crippen LogP contribution is -2.41. The number of hydrogen-bond acceptors (Lipinski definition) is 2. The Morgan fingerprint density at radius 1 is 1.22 bits per heavy atom. The summed E-state index contributed by atoms with van der Waals surface area (Å²) in [7, 11) is 1.76. The highest BCUT2D eigenvalue weighted by Gasteiger charge is 2.10. The Kier molecular flexibility index (Phi) is 8.16. The van der Waals surface area contributed by atoms with Crippen molar-refractivity contribution in [2.45, 2.75) is 53.1 Å². The third kappa shape index (κ3) is 6.72. The summed E-state index contributed by atoms with van der Waals surface area (Å²) in [6.07, 6.45) is 1.88. The van der Waals surface area contributed by atoms with Gasteiger partial charge >= 0.3 is 0 Å². The van der Waals surface area contributed by atoms with Crippen LogP contribution in [-0.4, -0.2) is 25.0 Å². The predicted molar refractivity (Wildman–Crippen MR) is 97.6 cm³/mol. The van der Waals surface area contributed by atoms with Crippen molar-refractivity contribution in [3.63, 3.8) is 0 Å². The van der Waals surface area contributed by atoms with Gasteiger partial charge in [-0.2, -0.15) is 0 Å². The van der Waals surface area contributed by atoms with E-state index >= 15 is 0 Å². The van der Waals surface area contributed by atoms with Crippen molar-refractivity contribution in [2.75, 3.05) is 12.4 Å². The Bertz CT molecular complexity index is 528. The molecule has 0 aliphatic carbocycles. The lowest BCUT2D eigenvalue weighted by Gasteiger charge is -2.17. The maximum Gasteiger partial charge on any atom is 0.227 e. The normalized spacial score (nSPS) is 14.0. The number of nitrogens with one attached hydrogen (secondary N) is 3. The van der Waals surface area contributed by atoms with Crippen molar-refractivity contribution in [2.24, 2.45) is 10.9 Å². The summed E-state index contributed by atoms with van der Waals surface area (Å²) in [4.78, 5) is 16.2. The molecule has 0 heterocycles. The molecule has 128 valence electrons.